The molecule has 11 rings (SSSR count). The zero-order valence-electron chi connectivity index (χ0n) is 50.2. The number of hydrogen-bond donors (Lipinski definition) is 0. The molecule has 2 atom stereocenters. The molecule has 0 saturated heterocycles. The normalized spacial score (nSPS) is 26.5. The second-order valence-electron chi connectivity index (χ2n) is 31.4. The first kappa shape index (κ1) is 52.1. The minimum atomic E-state index is -0.0965. The van der Waals surface area contributed by atoms with Gasteiger partial charge in [0.05, 0.1) is 11.7 Å². The Hall–Kier alpha value is -4.02. The van der Waals surface area contributed by atoms with Crippen LogP contribution in [0.3, 0.4) is 0 Å². The van der Waals surface area contributed by atoms with Crippen molar-refractivity contribution in [3.63, 3.8) is 0 Å². The van der Waals surface area contributed by atoms with Gasteiger partial charge < -0.3 is 9.80 Å². The van der Waals surface area contributed by atoms with Crippen LogP contribution in [0.5, 0.6) is 0 Å². The predicted octanol–water partition coefficient (Wildman–Crippen LogP) is 19.1. The number of fused-ring (bicyclic) bond motifs is 7. The van der Waals surface area contributed by atoms with Gasteiger partial charge in [-0.15, -0.1) is 11.3 Å². The highest BCUT2D eigenvalue weighted by molar-refractivity contribution is 7.27. The van der Waals surface area contributed by atoms with E-state index in [0.717, 1.165) is 0 Å². The lowest BCUT2D eigenvalue weighted by molar-refractivity contribution is 0.255. The van der Waals surface area contributed by atoms with E-state index >= 15 is 0 Å². The van der Waals surface area contributed by atoms with Crippen LogP contribution in [0, 0.1) is 35.5 Å². The first-order chi connectivity index (χ1) is 34.0. The van der Waals surface area contributed by atoms with Gasteiger partial charge in [0, 0.05) is 32.4 Å². The minimum absolute atomic E-state index is 0.0408. The summed E-state index contributed by atoms with van der Waals surface area (Å²) >= 11 is 2.11. The van der Waals surface area contributed by atoms with E-state index in [1.165, 1.54) is 139 Å². The number of benzene rings is 3. The molecule has 2 saturated carbocycles. The molecule has 7 aliphatic rings. The summed E-state index contributed by atoms with van der Waals surface area (Å²) in [5.41, 5.74) is 25.2. The molecule has 74 heavy (non-hydrogen) atoms. The van der Waals surface area contributed by atoms with E-state index in [-0.39, 0.29) is 67.3 Å². The van der Waals surface area contributed by atoms with E-state index in [9.17, 15) is 0 Å². The number of hydrogen-bond acceptors (Lipinski definition) is 3. The van der Waals surface area contributed by atoms with E-state index in [4.69, 9.17) is 6.58 Å². The Morgan fingerprint density at radius 1 is 0.568 bits per heavy atom. The zero-order valence-corrected chi connectivity index (χ0v) is 51.0. The van der Waals surface area contributed by atoms with E-state index in [1.807, 2.05) is 0 Å². The van der Waals surface area contributed by atoms with Crippen LogP contribution in [-0.2, 0) is 27.1 Å². The topological polar surface area (TPSA) is 6.48 Å². The van der Waals surface area contributed by atoms with Crippen molar-refractivity contribution < 1.29 is 0 Å². The van der Waals surface area contributed by atoms with Crippen molar-refractivity contribution in [2.75, 3.05) is 9.80 Å². The molecule has 3 aromatic carbocycles. The molecule has 2 fully saturated rings. The Balaban J connectivity index is 1.28. The van der Waals surface area contributed by atoms with E-state index in [2.05, 4.69) is 227 Å². The minimum Gasteiger partial charge on any atom is -0.335 e. The number of allylic oxidation sites excluding steroid dienone is 4. The molecule has 0 amide bonds. The van der Waals surface area contributed by atoms with Gasteiger partial charge >= 0.3 is 0 Å². The first-order valence-corrected chi connectivity index (χ1v) is 29.9. The van der Waals surface area contributed by atoms with Crippen molar-refractivity contribution in [1.82, 2.24) is 0 Å². The largest absolute Gasteiger partial charge is 0.335 e. The molecule has 392 valence electrons. The third kappa shape index (κ3) is 7.70. The van der Waals surface area contributed by atoms with Crippen LogP contribution in [0.1, 0.15) is 227 Å². The lowest BCUT2D eigenvalue weighted by Gasteiger charge is -2.54. The van der Waals surface area contributed by atoms with Crippen molar-refractivity contribution in [2.24, 2.45) is 21.7 Å². The summed E-state index contributed by atoms with van der Waals surface area (Å²) in [6.45, 7) is 57.2. The maximum Gasteiger partial charge on any atom is 0.239 e. The van der Waals surface area contributed by atoms with E-state index in [1.54, 1.807) is 16.7 Å². The summed E-state index contributed by atoms with van der Waals surface area (Å²) in [7, 11) is 0. The lowest BCUT2D eigenvalue weighted by Crippen LogP contribution is -2.62. The van der Waals surface area contributed by atoms with Crippen molar-refractivity contribution >= 4 is 62.8 Å². The third-order valence-corrected chi connectivity index (χ3v) is 22.8. The molecule has 0 bridgehead atoms. The molecule has 0 radical (unpaired) electrons. The van der Waals surface area contributed by atoms with Crippen molar-refractivity contribution in [3.05, 3.63) is 127 Å². The van der Waals surface area contributed by atoms with Crippen LogP contribution < -0.4 is 20.0 Å². The fourth-order valence-electron chi connectivity index (χ4n) is 15.4. The van der Waals surface area contributed by atoms with Crippen LogP contribution >= 0.6 is 11.3 Å². The zero-order chi connectivity index (χ0) is 53.8. The number of thiophene rings is 1. The molecule has 3 heterocycles. The van der Waals surface area contributed by atoms with Gasteiger partial charge in [0.25, 0.3) is 0 Å². The first-order valence-electron chi connectivity index (χ1n) is 29.1. The van der Waals surface area contributed by atoms with Crippen molar-refractivity contribution in [1.29, 1.82) is 0 Å². The van der Waals surface area contributed by atoms with E-state index in [0.29, 0.717) is 0 Å². The van der Waals surface area contributed by atoms with Gasteiger partial charge in [-0.2, -0.15) is 0 Å². The monoisotopic (exact) mass is 1000 g/mol. The van der Waals surface area contributed by atoms with Gasteiger partial charge in [-0.3, -0.25) is 0 Å². The Labute approximate surface area is 454 Å². The Morgan fingerprint density at radius 2 is 1.07 bits per heavy atom. The number of rotatable bonds is 3. The molecule has 5 aliphatic carbocycles. The quantitative estimate of drug-likeness (QED) is 0.189. The van der Waals surface area contributed by atoms with Crippen LogP contribution in [0.15, 0.2) is 83.5 Å². The summed E-state index contributed by atoms with van der Waals surface area (Å²) in [5, 5.41) is 0. The molecule has 0 N–H and O–H groups in total. The third-order valence-electron chi connectivity index (χ3n) is 21.4. The average Bonchev–Trinajstić information content (AvgIpc) is 3.62. The Kier molecular flexibility index (Phi) is 11.3. The molecule has 0 spiro atoms. The Morgan fingerprint density at radius 3 is 1.66 bits per heavy atom. The van der Waals surface area contributed by atoms with Gasteiger partial charge in [-0.05, 0) is 223 Å². The summed E-state index contributed by atoms with van der Waals surface area (Å²) in [6.07, 6.45) is 17.9. The molecule has 2 aliphatic heterocycles. The molecular weight excluding hydrogens is 912 g/mol. The summed E-state index contributed by atoms with van der Waals surface area (Å²) in [6, 6.07) is 18.5. The van der Waals surface area contributed by atoms with Gasteiger partial charge in [-0.1, -0.05) is 162 Å². The van der Waals surface area contributed by atoms with Crippen LogP contribution in [-0.4, -0.2) is 12.8 Å². The second-order valence-corrected chi connectivity index (χ2v) is 32.5. The highest BCUT2D eigenvalue weighted by Crippen LogP contribution is 2.61. The molecule has 2 unspecified atom stereocenters. The fourth-order valence-corrected chi connectivity index (χ4v) is 16.8. The fraction of sp³-hybridized carbons (Fsp3) is 0.571. The van der Waals surface area contributed by atoms with Crippen molar-refractivity contribution in [3.8, 4) is 0 Å². The molecule has 1 aromatic heterocycles. The lowest BCUT2D eigenvalue weighted by atomic mass is 9.30. The molecule has 4 aromatic rings. The van der Waals surface area contributed by atoms with Gasteiger partial charge in [0.2, 0.25) is 6.71 Å². The van der Waals surface area contributed by atoms with Gasteiger partial charge in [0.1, 0.15) is 0 Å². The summed E-state index contributed by atoms with van der Waals surface area (Å²) in [4.78, 5) is 7.12. The van der Waals surface area contributed by atoms with Crippen LogP contribution in [0.2, 0.25) is 5.82 Å². The Bertz CT molecular complexity index is 3170. The highest BCUT2D eigenvalue weighted by atomic mass is 32.1. The van der Waals surface area contributed by atoms with Gasteiger partial charge in [0.15, 0.2) is 0 Å². The number of nitrogens with zero attached hydrogens (tertiary/aromatic N) is 2. The molecule has 4 heteroatoms. The maximum absolute atomic E-state index is 4.91. The van der Waals surface area contributed by atoms with Crippen molar-refractivity contribution in [2.45, 2.75) is 236 Å². The van der Waals surface area contributed by atoms with Crippen LogP contribution in [0.4, 0.5) is 28.4 Å². The maximum atomic E-state index is 4.91. The predicted molar refractivity (Wildman–Crippen MR) is 326 cm³/mol. The molecule has 2 nitrogen and oxygen atoms in total. The van der Waals surface area contributed by atoms with E-state index < -0.39 is 0 Å². The molecular formula is C70H93BN2S. The second kappa shape index (κ2) is 16.0. The van der Waals surface area contributed by atoms with Crippen LogP contribution in [0.25, 0.3) is 6.08 Å². The smallest absolute Gasteiger partial charge is 0.239 e. The summed E-state index contributed by atoms with van der Waals surface area (Å²) < 4.78 is 1.53. The SMILES string of the molecule is C=C1/C(=C\c2sc3c(c2C)N(c2ccc4c(c2)C(C)(C)CCC4(C)C)c2cc(C(C)(C)C)cc4c2B3C2C=C3C(=CC2N4c2cc4c(cc2C)C(C)(C)CCC4(C)C)C(C)(C)CCC3(C)C)C(C)(C)CCC1(C)C. The van der Waals surface area contributed by atoms with Gasteiger partial charge in [-0.25, -0.2) is 0 Å². The standard InChI is InChI=1S/C70H93BN2S/c1-41-33-48-51(69(19,20)31-29-66(48,13)14)38-54(41)73-55-39-52-50(68(17,18)30-32-70(52,21)22)37-53(55)71-59-56(34-44(35-57(59)73)62(4,5)6)72(45-23-24-46-49(36-45)67(15,16)28-27-64(46,9)10)60-42(2)58(74-61(60)71)40-47-43(3)63(7,8)25-26-65(47,11)12/h23-24,33-40,53,55H,3,25-32H2,1-2,4-22H3/b47-40+. The number of aryl methyl sites for hydroxylation is 1. The highest BCUT2D eigenvalue weighted by Gasteiger charge is 2.55. The summed E-state index contributed by atoms with van der Waals surface area (Å²) in [5.74, 6) is 0.219. The number of anilines is 5. The average molecular weight is 1010 g/mol.